The lowest BCUT2D eigenvalue weighted by Gasteiger charge is -2.10. The van der Waals surface area contributed by atoms with Gasteiger partial charge in [0.05, 0.1) is 6.26 Å². The molecule has 0 aliphatic carbocycles. The van der Waals surface area contributed by atoms with Crippen LogP contribution < -0.4 is 4.52 Å². The third kappa shape index (κ3) is 3.12. The van der Waals surface area contributed by atoms with E-state index in [-0.39, 0.29) is 11.5 Å². The summed E-state index contributed by atoms with van der Waals surface area (Å²) < 4.78 is 19.9. The first kappa shape index (κ1) is 10.6. The van der Waals surface area contributed by atoms with E-state index in [1.165, 1.54) is 24.3 Å². The third-order valence-electron chi connectivity index (χ3n) is 1.25. The molecule has 1 atom stereocenters. The molecule has 0 bridgehead atoms. The van der Waals surface area contributed by atoms with E-state index in [9.17, 15) is 4.57 Å². The highest BCUT2D eigenvalue weighted by Gasteiger charge is 2.22. The summed E-state index contributed by atoms with van der Waals surface area (Å²) >= 11 is 0. The van der Waals surface area contributed by atoms with Crippen LogP contribution in [0.1, 0.15) is 0 Å². The van der Waals surface area contributed by atoms with Crippen LogP contribution in [-0.4, -0.2) is 10.00 Å². The summed E-state index contributed by atoms with van der Waals surface area (Å²) in [7, 11) is -4.16. The topological polar surface area (TPSA) is 76.0 Å². The second-order valence-corrected chi connectivity index (χ2v) is 3.66. The smallest absolute Gasteiger partial charge is 0.508 e. The third-order valence-corrected chi connectivity index (χ3v) is 2.10. The summed E-state index contributed by atoms with van der Waals surface area (Å²) in [4.78, 5) is 9.02. The van der Waals surface area contributed by atoms with E-state index in [0.29, 0.717) is 0 Å². The van der Waals surface area contributed by atoms with Gasteiger partial charge < -0.3 is 14.2 Å². The average molecular weight is 216 g/mol. The Kier molecular flexibility index (Phi) is 3.17. The van der Waals surface area contributed by atoms with Crippen LogP contribution in [0.3, 0.4) is 0 Å². The minimum Gasteiger partial charge on any atom is -0.508 e. The highest BCUT2D eigenvalue weighted by atomic mass is 31.2. The lowest BCUT2D eigenvalue weighted by molar-refractivity contribution is 0.266. The number of phenols is 1. The van der Waals surface area contributed by atoms with Crippen molar-refractivity contribution in [1.29, 1.82) is 0 Å². The highest BCUT2D eigenvalue weighted by molar-refractivity contribution is 7.47. The fourth-order valence-electron chi connectivity index (χ4n) is 0.789. The number of phenolic OH excluding ortho intramolecular Hbond substituents is 1. The van der Waals surface area contributed by atoms with Crippen LogP contribution in [-0.2, 0) is 9.09 Å². The quantitative estimate of drug-likeness (QED) is 0.594. The molecule has 1 aromatic rings. The van der Waals surface area contributed by atoms with Crippen molar-refractivity contribution >= 4 is 7.82 Å². The SMILES string of the molecule is C=COP(=O)(O)Oc1cccc(O)c1. The normalized spacial score (nSPS) is 14.1. The molecular weight excluding hydrogens is 207 g/mol. The van der Waals surface area contributed by atoms with E-state index in [4.69, 9.17) is 10.00 Å². The summed E-state index contributed by atoms with van der Waals surface area (Å²) in [6, 6.07) is 5.48. The summed E-state index contributed by atoms with van der Waals surface area (Å²) in [5.41, 5.74) is 0. The number of phosphoric acid groups is 1. The number of hydrogen-bond donors (Lipinski definition) is 2. The molecule has 76 valence electrons. The minimum absolute atomic E-state index is 0.0395. The molecule has 5 nitrogen and oxygen atoms in total. The fraction of sp³-hybridized carbons (Fsp3) is 0. The van der Waals surface area contributed by atoms with Crippen molar-refractivity contribution in [2.45, 2.75) is 0 Å². The second-order valence-electron chi connectivity index (χ2n) is 2.33. The van der Waals surface area contributed by atoms with Gasteiger partial charge in [-0.3, -0.25) is 4.89 Å². The van der Waals surface area contributed by atoms with E-state index in [1.54, 1.807) is 0 Å². The first-order valence-electron chi connectivity index (χ1n) is 3.64. The number of benzene rings is 1. The zero-order valence-electron chi connectivity index (χ0n) is 7.16. The Bertz CT molecular complexity index is 376. The van der Waals surface area contributed by atoms with Crippen molar-refractivity contribution < 1.29 is 23.6 Å². The van der Waals surface area contributed by atoms with Gasteiger partial charge in [0.25, 0.3) is 0 Å². The summed E-state index contributed by atoms with van der Waals surface area (Å²) in [6.07, 6.45) is 0.809. The molecule has 14 heavy (non-hydrogen) atoms. The van der Waals surface area contributed by atoms with Gasteiger partial charge in [-0.05, 0) is 12.1 Å². The second kappa shape index (κ2) is 4.17. The molecule has 6 heteroatoms. The molecule has 0 saturated carbocycles. The fourth-order valence-corrected chi connectivity index (χ4v) is 1.40. The van der Waals surface area contributed by atoms with E-state index in [0.717, 1.165) is 6.26 Å². The monoisotopic (exact) mass is 216 g/mol. The average Bonchev–Trinajstić information content (AvgIpc) is 2.02. The zero-order valence-corrected chi connectivity index (χ0v) is 8.05. The van der Waals surface area contributed by atoms with Gasteiger partial charge in [0.2, 0.25) is 0 Å². The lowest BCUT2D eigenvalue weighted by Crippen LogP contribution is -1.92. The van der Waals surface area contributed by atoms with Gasteiger partial charge in [0, 0.05) is 6.07 Å². The molecular formula is C8H9O5P. The number of phosphoric ester groups is 1. The van der Waals surface area contributed by atoms with Crippen LogP contribution >= 0.6 is 7.82 Å². The van der Waals surface area contributed by atoms with Gasteiger partial charge in [-0.25, -0.2) is 4.57 Å². The molecule has 0 fully saturated rings. The molecule has 1 aromatic carbocycles. The summed E-state index contributed by atoms with van der Waals surface area (Å²) in [5.74, 6) is -0.0289. The summed E-state index contributed by atoms with van der Waals surface area (Å²) in [5, 5.41) is 9.03. The molecule has 0 radical (unpaired) electrons. The molecule has 0 spiro atoms. The van der Waals surface area contributed by atoms with E-state index >= 15 is 0 Å². The predicted octanol–water partition coefficient (Wildman–Crippen LogP) is 2.03. The maximum Gasteiger partial charge on any atom is 0.584 e. The largest absolute Gasteiger partial charge is 0.584 e. The van der Waals surface area contributed by atoms with Gasteiger partial charge in [-0.1, -0.05) is 12.6 Å². The van der Waals surface area contributed by atoms with E-state index in [2.05, 4.69) is 15.6 Å². The Morgan fingerprint density at radius 2 is 2.21 bits per heavy atom. The Morgan fingerprint density at radius 1 is 1.50 bits per heavy atom. The molecule has 0 aromatic heterocycles. The van der Waals surface area contributed by atoms with Crippen LogP contribution in [0, 0.1) is 0 Å². The number of rotatable bonds is 4. The Labute approximate surface area is 80.8 Å². The van der Waals surface area contributed by atoms with Crippen molar-refractivity contribution in [3.05, 3.63) is 37.1 Å². The first-order valence-corrected chi connectivity index (χ1v) is 5.14. The van der Waals surface area contributed by atoms with E-state index in [1.807, 2.05) is 0 Å². The molecule has 1 unspecified atom stereocenters. The molecule has 1 rings (SSSR count). The summed E-state index contributed by atoms with van der Waals surface area (Å²) in [6.45, 7) is 3.12. The molecule has 0 amide bonds. The van der Waals surface area contributed by atoms with Crippen LogP contribution in [0.2, 0.25) is 0 Å². The molecule has 0 aliphatic rings. The van der Waals surface area contributed by atoms with Crippen LogP contribution in [0.25, 0.3) is 0 Å². The van der Waals surface area contributed by atoms with Crippen LogP contribution in [0.5, 0.6) is 11.5 Å². The van der Waals surface area contributed by atoms with Crippen LogP contribution in [0.15, 0.2) is 37.1 Å². The maximum atomic E-state index is 11.1. The van der Waals surface area contributed by atoms with Gasteiger partial charge in [0.1, 0.15) is 11.5 Å². The van der Waals surface area contributed by atoms with Crippen molar-refractivity contribution in [2.75, 3.05) is 0 Å². The molecule has 0 saturated heterocycles. The molecule has 0 aliphatic heterocycles. The Morgan fingerprint density at radius 3 is 2.79 bits per heavy atom. The Hall–Kier alpha value is -1.45. The molecule has 0 heterocycles. The van der Waals surface area contributed by atoms with Gasteiger partial charge in [-0.2, -0.15) is 0 Å². The van der Waals surface area contributed by atoms with Crippen molar-refractivity contribution in [3.8, 4) is 11.5 Å². The van der Waals surface area contributed by atoms with Crippen molar-refractivity contribution in [1.82, 2.24) is 0 Å². The van der Waals surface area contributed by atoms with Gasteiger partial charge in [0.15, 0.2) is 0 Å². The van der Waals surface area contributed by atoms with E-state index < -0.39 is 7.82 Å². The maximum absolute atomic E-state index is 11.1. The predicted molar refractivity (Wildman–Crippen MR) is 49.8 cm³/mol. The zero-order chi connectivity index (χ0) is 10.6. The van der Waals surface area contributed by atoms with Gasteiger partial charge >= 0.3 is 7.82 Å². The van der Waals surface area contributed by atoms with Gasteiger partial charge in [-0.15, -0.1) is 0 Å². The first-order chi connectivity index (χ1) is 6.53. The molecule has 2 N–H and O–H groups in total. The number of hydrogen-bond acceptors (Lipinski definition) is 4. The minimum atomic E-state index is -4.16. The highest BCUT2D eigenvalue weighted by Crippen LogP contribution is 2.44. The number of aromatic hydroxyl groups is 1. The Balaban J connectivity index is 2.78. The standard InChI is InChI=1S/C8H9O5P/c1-2-12-14(10,11)13-8-5-3-4-7(9)6-8/h2-6,9H,1H2,(H,10,11). The van der Waals surface area contributed by atoms with Crippen LogP contribution in [0.4, 0.5) is 0 Å². The van der Waals surface area contributed by atoms with Crippen molar-refractivity contribution in [3.63, 3.8) is 0 Å². The lowest BCUT2D eigenvalue weighted by atomic mass is 10.3. The van der Waals surface area contributed by atoms with Crippen molar-refractivity contribution in [2.24, 2.45) is 0 Å².